The Morgan fingerprint density at radius 3 is 2.35 bits per heavy atom. The number of nitrogens with zero attached hydrogens (tertiary/aromatic N) is 1. The van der Waals surface area contributed by atoms with Crippen LogP contribution in [0.15, 0.2) is 71.4 Å². The smallest absolute Gasteiger partial charge is 0.158 e. The van der Waals surface area contributed by atoms with Crippen molar-refractivity contribution in [1.82, 2.24) is 0 Å². The minimum atomic E-state index is 0. The van der Waals surface area contributed by atoms with E-state index in [1.54, 1.807) is 11.8 Å². The highest BCUT2D eigenvalue weighted by atomic mass is 79.9. The van der Waals surface area contributed by atoms with Gasteiger partial charge in [0.15, 0.2) is 5.17 Å². The first-order chi connectivity index (χ1) is 10.8. The minimum Gasteiger partial charge on any atom is -0.493 e. The van der Waals surface area contributed by atoms with E-state index in [4.69, 9.17) is 10.5 Å². The summed E-state index contributed by atoms with van der Waals surface area (Å²) in [7, 11) is 0. The van der Waals surface area contributed by atoms with Gasteiger partial charge >= 0.3 is 0 Å². The summed E-state index contributed by atoms with van der Waals surface area (Å²) in [4.78, 5) is 4.12. The monoisotopic (exact) mass is 390 g/mol. The average molecular weight is 391 g/mol. The molecule has 0 saturated carbocycles. The number of benzene rings is 2. The van der Waals surface area contributed by atoms with Crippen molar-refractivity contribution in [3.8, 4) is 16.9 Å². The Labute approximate surface area is 151 Å². The fourth-order valence-corrected chi connectivity index (χ4v) is 2.89. The van der Waals surface area contributed by atoms with Gasteiger partial charge < -0.3 is 10.5 Å². The number of ether oxygens (including phenoxy) is 1. The molecule has 2 aromatic carbocycles. The Morgan fingerprint density at radius 2 is 1.70 bits per heavy atom. The van der Waals surface area contributed by atoms with Crippen LogP contribution in [0.2, 0.25) is 0 Å². The van der Waals surface area contributed by atoms with E-state index in [0.717, 1.165) is 17.9 Å². The molecule has 0 fully saturated rings. The third kappa shape index (κ3) is 5.15. The summed E-state index contributed by atoms with van der Waals surface area (Å²) in [5.74, 6) is 1.80. The van der Waals surface area contributed by atoms with Crippen molar-refractivity contribution in [2.75, 3.05) is 12.4 Å². The van der Waals surface area contributed by atoms with Crippen LogP contribution in [0.1, 0.15) is 6.42 Å². The first kappa shape index (κ1) is 17.6. The van der Waals surface area contributed by atoms with Crippen LogP contribution in [0.5, 0.6) is 5.75 Å². The van der Waals surface area contributed by atoms with Gasteiger partial charge in [-0.05, 0) is 28.8 Å². The van der Waals surface area contributed by atoms with Crippen LogP contribution in [0.25, 0.3) is 11.1 Å². The summed E-state index contributed by atoms with van der Waals surface area (Å²) in [6, 6.07) is 18.5. The highest BCUT2D eigenvalue weighted by Crippen LogP contribution is 2.23. The molecule has 0 radical (unpaired) electrons. The Bertz CT molecular complexity index is 684. The third-order valence-corrected chi connectivity index (χ3v) is 4.35. The van der Waals surface area contributed by atoms with Crippen LogP contribution < -0.4 is 10.5 Å². The van der Waals surface area contributed by atoms with E-state index < -0.39 is 0 Å². The summed E-state index contributed by atoms with van der Waals surface area (Å²) >= 11 is 1.58. The van der Waals surface area contributed by atoms with E-state index in [1.807, 2.05) is 36.5 Å². The molecule has 3 rings (SSSR count). The number of nitrogens with two attached hydrogens (primary N) is 1. The van der Waals surface area contributed by atoms with Crippen LogP contribution in [0.4, 0.5) is 0 Å². The van der Waals surface area contributed by atoms with Crippen LogP contribution in [-0.2, 0) is 0 Å². The Morgan fingerprint density at radius 1 is 1.00 bits per heavy atom. The molecule has 3 nitrogen and oxygen atoms in total. The Kier molecular flexibility index (Phi) is 6.74. The summed E-state index contributed by atoms with van der Waals surface area (Å²) in [6.07, 6.45) is 2.73. The maximum atomic E-state index is 5.80. The zero-order valence-electron chi connectivity index (χ0n) is 12.6. The molecular formula is C18H19BrN2OS. The minimum absolute atomic E-state index is 0. The number of hydrogen-bond acceptors (Lipinski definition) is 4. The standard InChI is InChI=1S/C18H18N2OS.BrH/c19-18-20-12-14(13-22-18)10-11-21-17-8-6-16(7-9-17)15-4-2-1-3-5-15;/h1-9,12H,10-11,13H2,(H2,19,20);1H. The molecule has 120 valence electrons. The molecule has 0 aromatic heterocycles. The maximum absolute atomic E-state index is 5.80. The predicted octanol–water partition coefficient (Wildman–Crippen LogP) is 4.65. The highest BCUT2D eigenvalue weighted by molar-refractivity contribution is 8.93. The number of amidine groups is 1. The van der Waals surface area contributed by atoms with Crippen molar-refractivity contribution in [1.29, 1.82) is 0 Å². The van der Waals surface area contributed by atoms with Crippen molar-refractivity contribution < 1.29 is 4.74 Å². The quantitative estimate of drug-likeness (QED) is 0.808. The number of aliphatic imine (C=N–C) groups is 1. The predicted molar refractivity (Wildman–Crippen MR) is 104 cm³/mol. The first-order valence-electron chi connectivity index (χ1n) is 7.23. The lowest BCUT2D eigenvalue weighted by Gasteiger charge is -2.11. The lowest BCUT2D eigenvalue weighted by atomic mass is 10.1. The van der Waals surface area contributed by atoms with Gasteiger partial charge in [-0.3, -0.25) is 0 Å². The van der Waals surface area contributed by atoms with E-state index in [9.17, 15) is 0 Å². The molecule has 1 aliphatic rings. The van der Waals surface area contributed by atoms with Gasteiger partial charge in [0.05, 0.1) is 6.61 Å². The Balaban J connectivity index is 0.00000192. The zero-order chi connectivity index (χ0) is 15.2. The maximum Gasteiger partial charge on any atom is 0.158 e. The fraction of sp³-hybridized carbons (Fsp3) is 0.167. The van der Waals surface area contributed by atoms with Crippen LogP contribution in [0, 0.1) is 0 Å². The van der Waals surface area contributed by atoms with Crippen LogP contribution >= 0.6 is 28.7 Å². The molecule has 0 aliphatic carbocycles. The molecule has 0 saturated heterocycles. The number of hydrogen-bond donors (Lipinski definition) is 1. The second-order valence-electron chi connectivity index (χ2n) is 5.03. The molecule has 0 amide bonds. The summed E-state index contributed by atoms with van der Waals surface area (Å²) in [6.45, 7) is 0.659. The summed E-state index contributed by atoms with van der Waals surface area (Å²) in [5, 5.41) is 0.640. The molecule has 0 bridgehead atoms. The molecular weight excluding hydrogens is 372 g/mol. The van der Waals surface area contributed by atoms with Crippen molar-refractivity contribution in [3.05, 3.63) is 66.4 Å². The van der Waals surface area contributed by atoms with Gasteiger partial charge in [-0.15, -0.1) is 17.0 Å². The Hall–Kier alpha value is -1.72. The molecule has 0 atom stereocenters. The van der Waals surface area contributed by atoms with E-state index in [2.05, 4.69) is 29.3 Å². The zero-order valence-corrected chi connectivity index (χ0v) is 15.2. The summed E-state index contributed by atoms with van der Waals surface area (Å²) in [5.41, 5.74) is 9.29. The van der Waals surface area contributed by atoms with Crippen molar-refractivity contribution >= 4 is 33.9 Å². The molecule has 2 aromatic rings. The average Bonchev–Trinajstić information content (AvgIpc) is 2.58. The SMILES string of the molecule is Br.NC1=NC=C(CCOc2ccc(-c3ccccc3)cc2)CS1. The second kappa shape index (κ2) is 8.79. The molecule has 1 aliphatic heterocycles. The molecule has 1 heterocycles. The van der Waals surface area contributed by atoms with E-state index in [-0.39, 0.29) is 17.0 Å². The van der Waals surface area contributed by atoms with Crippen LogP contribution in [0.3, 0.4) is 0 Å². The van der Waals surface area contributed by atoms with E-state index in [0.29, 0.717) is 11.8 Å². The van der Waals surface area contributed by atoms with Crippen LogP contribution in [-0.4, -0.2) is 17.5 Å². The summed E-state index contributed by atoms with van der Waals surface area (Å²) < 4.78 is 5.80. The van der Waals surface area contributed by atoms with Gasteiger partial charge in [-0.25, -0.2) is 4.99 Å². The molecule has 23 heavy (non-hydrogen) atoms. The highest BCUT2D eigenvalue weighted by Gasteiger charge is 2.06. The number of halogens is 1. The molecule has 0 spiro atoms. The number of thioether (sulfide) groups is 1. The molecule has 5 heteroatoms. The van der Waals surface area contributed by atoms with E-state index >= 15 is 0 Å². The van der Waals surface area contributed by atoms with Gasteiger partial charge in [-0.2, -0.15) is 0 Å². The molecule has 0 unspecified atom stereocenters. The van der Waals surface area contributed by atoms with Gasteiger partial charge in [0, 0.05) is 18.4 Å². The van der Waals surface area contributed by atoms with Gasteiger partial charge in [0.2, 0.25) is 0 Å². The lowest BCUT2D eigenvalue weighted by molar-refractivity contribution is 0.321. The van der Waals surface area contributed by atoms with Gasteiger partial charge in [0.25, 0.3) is 0 Å². The normalized spacial score (nSPS) is 13.6. The van der Waals surface area contributed by atoms with Crippen molar-refractivity contribution in [2.45, 2.75) is 6.42 Å². The van der Waals surface area contributed by atoms with Crippen molar-refractivity contribution in [3.63, 3.8) is 0 Å². The second-order valence-corrected chi connectivity index (χ2v) is 6.03. The molecule has 2 N–H and O–H groups in total. The fourth-order valence-electron chi connectivity index (χ4n) is 2.21. The topological polar surface area (TPSA) is 47.6 Å². The van der Waals surface area contributed by atoms with Crippen molar-refractivity contribution in [2.24, 2.45) is 10.7 Å². The van der Waals surface area contributed by atoms with Gasteiger partial charge in [0.1, 0.15) is 5.75 Å². The first-order valence-corrected chi connectivity index (χ1v) is 8.22. The number of rotatable bonds is 5. The van der Waals surface area contributed by atoms with E-state index in [1.165, 1.54) is 16.7 Å². The largest absolute Gasteiger partial charge is 0.493 e. The van der Waals surface area contributed by atoms with Gasteiger partial charge in [-0.1, -0.05) is 54.2 Å². The third-order valence-electron chi connectivity index (χ3n) is 3.43. The lowest BCUT2D eigenvalue weighted by Crippen LogP contribution is -2.11.